The topological polar surface area (TPSA) is 34.9 Å². The van der Waals surface area contributed by atoms with Crippen LogP contribution < -0.4 is 0 Å². The van der Waals surface area contributed by atoms with Crippen molar-refractivity contribution in [3.8, 4) is 0 Å². The Bertz CT molecular complexity index is 602. The quantitative estimate of drug-likeness (QED) is 0.780. The second kappa shape index (κ2) is 4.72. The van der Waals surface area contributed by atoms with Gasteiger partial charge in [0.2, 0.25) is 0 Å². The molecule has 3 nitrogen and oxygen atoms in total. The zero-order chi connectivity index (χ0) is 13.3. The van der Waals surface area contributed by atoms with Crippen molar-refractivity contribution in [3.63, 3.8) is 0 Å². The van der Waals surface area contributed by atoms with Crippen molar-refractivity contribution in [1.29, 1.82) is 0 Å². The predicted octanol–water partition coefficient (Wildman–Crippen LogP) is 2.60. The minimum absolute atomic E-state index is 0.0181. The second-order valence-corrected chi connectivity index (χ2v) is 4.46. The van der Waals surface area contributed by atoms with Crippen LogP contribution in [0.4, 0.5) is 4.39 Å². The molecule has 0 radical (unpaired) electrons. The highest BCUT2D eigenvalue weighted by molar-refractivity contribution is 5.98. The van der Waals surface area contributed by atoms with Gasteiger partial charge in [-0.1, -0.05) is 0 Å². The van der Waals surface area contributed by atoms with Gasteiger partial charge in [-0.15, -0.1) is 0 Å². The molecule has 0 unspecified atom stereocenters. The number of nitrogens with zero attached hydrogens (tertiary/aromatic N) is 2. The molecule has 1 aromatic heterocycles. The molecule has 0 fully saturated rings. The van der Waals surface area contributed by atoms with Gasteiger partial charge in [0.05, 0.1) is 12.1 Å². The third-order valence-electron chi connectivity index (χ3n) is 2.93. The molecule has 0 aliphatic rings. The minimum Gasteiger partial charge on any atom is -0.294 e. The van der Waals surface area contributed by atoms with Crippen molar-refractivity contribution in [3.05, 3.63) is 52.6 Å². The van der Waals surface area contributed by atoms with Crippen LogP contribution in [0.25, 0.3) is 0 Å². The van der Waals surface area contributed by atoms with E-state index in [2.05, 4.69) is 5.10 Å². The molecule has 0 aliphatic heterocycles. The summed E-state index contributed by atoms with van der Waals surface area (Å²) >= 11 is 0. The summed E-state index contributed by atoms with van der Waals surface area (Å²) < 4.78 is 14.7. The maximum Gasteiger partial charge on any atom is 0.169 e. The maximum absolute atomic E-state index is 13.0. The molecule has 4 heteroatoms. The SMILES string of the molecule is Cc1cc(CC(=O)c2ccc(F)cc2C)n(C)n1. The molecule has 0 amide bonds. The summed E-state index contributed by atoms with van der Waals surface area (Å²) in [5.41, 5.74) is 2.98. The van der Waals surface area contributed by atoms with Crippen molar-refractivity contribution in [1.82, 2.24) is 9.78 Å². The van der Waals surface area contributed by atoms with Gasteiger partial charge < -0.3 is 0 Å². The van der Waals surface area contributed by atoms with Crippen molar-refractivity contribution in [2.24, 2.45) is 7.05 Å². The molecule has 0 atom stereocenters. The number of halogens is 1. The minimum atomic E-state index is -0.319. The van der Waals surface area contributed by atoms with E-state index in [1.807, 2.05) is 20.0 Å². The molecule has 0 aliphatic carbocycles. The molecule has 0 bridgehead atoms. The Morgan fingerprint density at radius 3 is 2.61 bits per heavy atom. The fraction of sp³-hybridized carbons (Fsp3) is 0.286. The zero-order valence-electron chi connectivity index (χ0n) is 10.7. The number of hydrogen-bond donors (Lipinski definition) is 0. The van der Waals surface area contributed by atoms with Gasteiger partial charge in [0, 0.05) is 18.3 Å². The Morgan fingerprint density at radius 2 is 2.06 bits per heavy atom. The number of Topliss-reactive ketones (excluding diaryl/α,β-unsaturated/α-hetero) is 1. The molecular weight excluding hydrogens is 231 g/mol. The lowest BCUT2D eigenvalue weighted by atomic mass is 10.0. The number of benzene rings is 1. The van der Waals surface area contributed by atoms with Gasteiger partial charge >= 0.3 is 0 Å². The highest BCUT2D eigenvalue weighted by Crippen LogP contribution is 2.14. The van der Waals surface area contributed by atoms with Crippen molar-refractivity contribution >= 4 is 5.78 Å². The van der Waals surface area contributed by atoms with Gasteiger partial charge in [-0.25, -0.2) is 4.39 Å². The first kappa shape index (κ1) is 12.5. The van der Waals surface area contributed by atoms with Crippen LogP contribution in [-0.2, 0) is 13.5 Å². The van der Waals surface area contributed by atoms with Gasteiger partial charge in [0.15, 0.2) is 5.78 Å². The molecule has 0 saturated heterocycles. The molecule has 0 spiro atoms. The van der Waals surface area contributed by atoms with E-state index in [0.717, 1.165) is 11.4 Å². The number of aromatic nitrogens is 2. The average Bonchev–Trinajstić information content (AvgIpc) is 2.57. The van der Waals surface area contributed by atoms with E-state index in [4.69, 9.17) is 0 Å². The van der Waals surface area contributed by atoms with Crippen LogP contribution in [0, 0.1) is 19.7 Å². The Labute approximate surface area is 105 Å². The number of ketones is 1. The third-order valence-corrected chi connectivity index (χ3v) is 2.93. The fourth-order valence-electron chi connectivity index (χ4n) is 2.03. The number of aryl methyl sites for hydroxylation is 3. The van der Waals surface area contributed by atoms with Gasteiger partial charge in [0.1, 0.15) is 5.82 Å². The Kier molecular flexibility index (Phi) is 3.28. The monoisotopic (exact) mass is 246 g/mol. The fourth-order valence-corrected chi connectivity index (χ4v) is 2.03. The Hall–Kier alpha value is -1.97. The molecule has 2 rings (SSSR count). The highest BCUT2D eigenvalue weighted by Gasteiger charge is 2.13. The van der Waals surface area contributed by atoms with E-state index in [9.17, 15) is 9.18 Å². The van der Waals surface area contributed by atoms with E-state index in [1.165, 1.54) is 18.2 Å². The van der Waals surface area contributed by atoms with Crippen molar-refractivity contribution < 1.29 is 9.18 Å². The van der Waals surface area contributed by atoms with Crippen LogP contribution in [0.5, 0.6) is 0 Å². The van der Waals surface area contributed by atoms with Crippen LogP contribution in [0.2, 0.25) is 0 Å². The van der Waals surface area contributed by atoms with Gasteiger partial charge in [0.25, 0.3) is 0 Å². The van der Waals surface area contributed by atoms with Crippen molar-refractivity contribution in [2.75, 3.05) is 0 Å². The zero-order valence-corrected chi connectivity index (χ0v) is 10.7. The average molecular weight is 246 g/mol. The summed E-state index contributed by atoms with van der Waals surface area (Å²) in [4.78, 5) is 12.1. The number of rotatable bonds is 3. The summed E-state index contributed by atoms with van der Waals surface area (Å²) in [6, 6.07) is 6.11. The second-order valence-electron chi connectivity index (χ2n) is 4.46. The van der Waals surface area contributed by atoms with Gasteiger partial charge in [-0.05, 0) is 43.7 Å². The lowest BCUT2D eigenvalue weighted by molar-refractivity contribution is 0.0990. The summed E-state index contributed by atoms with van der Waals surface area (Å²) in [6.45, 7) is 3.63. The van der Waals surface area contributed by atoms with E-state index in [-0.39, 0.29) is 18.0 Å². The summed E-state index contributed by atoms with van der Waals surface area (Å²) in [7, 11) is 1.81. The predicted molar refractivity (Wildman–Crippen MR) is 67.1 cm³/mol. The first-order valence-corrected chi connectivity index (χ1v) is 5.76. The summed E-state index contributed by atoms with van der Waals surface area (Å²) in [6.07, 6.45) is 0.282. The highest BCUT2D eigenvalue weighted by atomic mass is 19.1. The summed E-state index contributed by atoms with van der Waals surface area (Å²) in [5.74, 6) is -0.337. The van der Waals surface area contributed by atoms with E-state index >= 15 is 0 Å². The molecule has 1 heterocycles. The van der Waals surface area contributed by atoms with E-state index in [0.29, 0.717) is 11.1 Å². The van der Waals surface area contributed by atoms with Crippen LogP contribution in [0.15, 0.2) is 24.3 Å². The van der Waals surface area contributed by atoms with E-state index < -0.39 is 0 Å². The lowest BCUT2D eigenvalue weighted by Gasteiger charge is -2.05. The standard InChI is InChI=1S/C14H15FN2O/c1-9-6-11(15)4-5-13(9)14(18)8-12-7-10(2)16-17(12)3/h4-7H,8H2,1-3H3. The molecule has 94 valence electrons. The number of hydrogen-bond acceptors (Lipinski definition) is 2. The maximum atomic E-state index is 13.0. The van der Waals surface area contributed by atoms with Crippen molar-refractivity contribution in [2.45, 2.75) is 20.3 Å². The van der Waals surface area contributed by atoms with E-state index in [1.54, 1.807) is 11.6 Å². The smallest absolute Gasteiger partial charge is 0.169 e. The Morgan fingerprint density at radius 1 is 1.33 bits per heavy atom. The van der Waals surface area contributed by atoms with Crippen LogP contribution in [-0.4, -0.2) is 15.6 Å². The largest absolute Gasteiger partial charge is 0.294 e. The van der Waals surface area contributed by atoms with Gasteiger partial charge in [-0.3, -0.25) is 9.48 Å². The van der Waals surface area contributed by atoms with Gasteiger partial charge in [-0.2, -0.15) is 5.10 Å². The molecule has 0 saturated carbocycles. The molecular formula is C14H15FN2O. The van der Waals surface area contributed by atoms with Crippen LogP contribution in [0.3, 0.4) is 0 Å². The normalized spacial score (nSPS) is 10.7. The number of carbonyl (C=O) groups is 1. The third kappa shape index (κ3) is 2.47. The molecule has 1 aromatic carbocycles. The molecule has 2 aromatic rings. The first-order chi connectivity index (χ1) is 8.47. The summed E-state index contributed by atoms with van der Waals surface area (Å²) in [5, 5.41) is 4.20. The van der Waals surface area contributed by atoms with Crippen LogP contribution >= 0.6 is 0 Å². The number of carbonyl (C=O) groups excluding carboxylic acids is 1. The molecule has 18 heavy (non-hydrogen) atoms. The first-order valence-electron chi connectivity index (χ1n) is 5.76. The lowest BCUT2D eigenvalue weighted by Crippen LogP contribution is -2.09. The van der Waals surface area contributed by atoms with Crippen LogP contribution in [0.1, 0.15) is 27.3 Å². The molecule has 0 N–H and O–H groups in total. The Balaban J connectivity index is 2.24.